The van der Waals surface area contributed by atoms with Crippen LogP contribution in [0.4, 0.5) is 9.59 Å². The van der Waals surface area contributed by atoms with Gasteiger partial charge in [-0.2, -0.15) is 0 Å². The van der Waals surface area contributed by atoms with Crippen molar-refractivity contribution in [3.05, 3.63) is 48.0 Å². The van der Waals surface area contributed by atoms with E-state index in [1.807, 2.05) is 24.3 Å². The molecule has 0 aliphatic heterocycles. The van der Waals surface area contributed by atoms with Crippen LogP contribution in [-0.4, -0.2) is 54.9 Å². The van der Waals surface area contributed by atoms with Gasteiger partial charge in [-0.15, -0.1) is 0 Å². The minimum Gasteiger partial charge on any atom is -0.459 e. The third kappa shape index (κ3) is 16.6. The molecule has 42 heavy (non-hydrogen) atoms. The molecule has 10 heteroatoms. The lowest BCUT2D eigenvalue weighted by atomic mass is 9.88. The van der Waals surface area contributed by atoms with Gasteiger partial charge in [-0.1, -0.05) is 64.6 Å². The van der Waals surface area contributed by atoms with Gasteiger partial charge in [-0.05, 0) is 75.8 Å². The Bertz CT molecular complexity index is 1010. The minimum absolute atomic E-state index is 0.0610. The smallest absolute Gasteiger partial charge is 0.407 e. The molecule has 1 aromatic carbocycles. The normalized spacial score (nSPS) is 12.8. The highest BCUT2D eigenvalue weighted by molar-refractivity contribution is 5.87. The van der Waals surface area contributed by atoms with E-state index in [1.54, 1.807) is 20.8 Å². The fourth-order valence-electron chi connectivity index (χ4n) is 3.78. The van der Waals surface area contributed by atoms with Crippen LogP contribution >= 0.6 is 0 Å². The summed E-state index contributed by atoms with van der Waals surface area (Å²) in [6.07, 6.45) is 4.19. The second-order valence-electron chi connectivity index (χ2n) is 12.4. The molecule has 0 fully saturated rings. The predicted molar refractivity (Wildman–Crippen MR) is 163 cm³/mol. The number of benzene rings is 1. The Kier molecular flexibility index (Phi) is 15.7. The van der Waals surface area contributed by atoms with Crippen LogP contribution in [0.1, 0.15) is 91.7 Å². The van der Waals surface area contributed by atoms with Gasteiger partial charge in [0.25, 0.3) is 0 Å². The van der Waals surface area contributed by atoms with Crippen LogP contribution in [-0.2, 0) is 36.8 Å². The molecule has 3 amide bonds. The van der Waals surface area contributed by atoms with Crippen LogP contribution in [0.2, 0.25) is 0 Å². The Balaban J connectivity index is 2.88. The Morgan fingerprint density at radius 1 is 0.857 bits per heavy atom. The van der Waals surface area contributed by atoms with Crippen LogP contribution in [0, 0.1) is 5.41 Å². The second-order valence-corrected chi connectivity index (χ2v) is 12.4. The van der Waals surface area contributed by atoms with E-state index in [1.165, 1.54) is 11.6 Å². The average Bonchev–Trinajstić information content (AvgIpc) is 2.90. The summed E-state index contributed by atoms with van der Waals surface area (Å²) in [6, 6.07) is 5.25. The number of amides is 3. The zero-order chi connectivity index (χ0) is 31.8. The molecule has 3 N–H and O–H groups in total. The fraction of sp³-hybridized carbons (Fsp3) is 0.625. The maximum Gasteiger partial charge on any atom is 0.407 e. The standard InChI is InChI=1S/C32H51N3O7/c1-9-21-40-30(39)33-20-12-11-13-25(27(36)41-22-24-16-14-23(10-2)15-17-24)34-29(38)35-26(18-19-31(3,4)5)28(37)42-32(6,7)8/h9,14-17,25-26H,1,10-13,18-22H2,2-8H3,(H,33,39)(H2,34,35,38)/t25-,26-/m0/s1. The molecule has 10 nitrogen and oxygen atoms in total. The monoisotopic (exact) mass is 589 g/mol. The van der Waals surface area contributed by atoms with E-state index in [-0.39, 0.29) is 25.0 Å². The summed E-state index contributed by atoms with van der Waals surface area (Å²) in [5.41, 5.74) is 1.22. The summed E-state index contributed by atoms with van der Waals surface area (Å²) in [4.78, 5) is 50.6. The molecule has 0 aliphatic carbocycles. The molecule has 1 aromatic rings. The van der Waals surface area contributed by atoms with Gasteiger partial charge in [0, 0.05) is 6.54 Å². The summed E-state index contributed by atoms with van der Waals surface area (Å²) in [5.74, 6) is -1.13. The van der Waals surface area contributed by atoms with Crippen LogP contribution in [0.5, 0.6) is 0 Å². The number of esters is 2. The van der Waals surface area contributed by atoms with Crippen molar-refractivity contribution in [2.75, 3.05) is 13.2 Å². The third-order valence-electron chi connectivity index (χ3n) is 6.10. The lowest BCUT2D eigenvalue weighted by Crippen LogP contribution is -2.52. The molecular formula is C32H51N3O7. The molecule has 0 saturated carbocycles. The van der Waals surface area contributed by atoms with Crippen LogP contribution in [0.25, 0.3) is 0 Å². The van der Waals surface area contributed by atoms with Crippen molar-refractivity contribution in [3.8, 4) is 0 Å². The van der Waals surface area contributed by atoms with E-state index < -0.39 is 41.7 Å². The molecule has 0 unspecified atom stereocenters. The first kappa shape index (κ1) is 36.5. The summed E-state index contributed by atoms with van der Waals surface area (Å²) >= 11 is 0. The van der Waals surface area contributed by atoms with Crippen molar-refractivity contribution in [2.24, 2.45) is 5.41 Å². The largest absolute Gasteiger partial charge is 0.459 e. The number of unbranched alkanes of at least 4 members (excludes halogenated alkanes) is 1. The summed E-state index contributed by atoms with van der Waals surface area (Å²) in [5, 5.41) is 8.02. The van der Waals surface area contributed by atoms with Crippen LogP contribution in [0.3, 0.4) is 0 Å². The Hall–Kier alpha value is -3.56. The van der Waals surface area contributed by atoms with Gasteiger partial charge in [-0.3, -0.25) is 0 Å². The number of hydrogen-bond acceptors (Lipinski definition) is 7. The summed E-state index contributed by atoms with van der Waals surface area (Å²) in [7, 11) is 0. The Morgan fingerprint density at radius 3 is 2.00 bits per heavy atom. The average molecular weight is 590 g/mol. The van der Waals surface area contributed by atoms with Gasteiger partial charge in [0.05, 0.1) is 0 Å². The van der Waals surface area contributed by atoms with Gasteiger partial charge in [-0.25, -0.2) is 19.2 Å². The molecule has 0 saturated heterocycles. The first-order valence-electron chi connectivity index (χ1n) is 14.7. The molecule has 0 aromatic heterocycles. The van der Waals surface area contributed by atoms with Crippen molar-refractivity contribution < 1.29 is 33.4 Å². The number of carbonyl (C=O) groups excluding carboxylic acids is 4. The Labute approximate surface area is 251 Å². The zero-order valence-electron chi connectivity index (χ0n) is 26.5. The van der Waals surface area contributed by atoms with Crippen molar-refractivity contribution in [1.82, 2.24) is 16.0 Å². The molecule has 2 atom stereocenters. The molecule has 0 spiro atoms. The van der Waals surface area contributed by atoms with E-state index >= 15 is 0 Å². The minimum atomic E-state index is -0.963. The molecule has 1 rings (SSSR count). The molecule has 236 valence electrons. The molecular weight excluding hydrogens is 538 g/mol. The third-order valence-corrected chi connectivity index (χ3v) is 6.10. The van der Waals surface area contributed by atoms with Crippen molar-refractivity contribution >= 4 is 24.1 Å². The maximum atomic E-state index is 13.1. The van der Waals surface area contributed by atoms with Gasteiger partial charge < -0.3 is 30.2 Å². The number of urea groups is 1. The van der Waals surface area contributed by atoms with Crippen molar-refractivity contribution in [2.45, 2.75) is 111 Å². The fourth-order valence-corrected chi connectivity index (χ4v) is 3.78. The van der Waals surface area contributed by atoms with E-state index in [0.29, 0.717) is 32.2 Å². The lowest BCUT2D eigenvalue weighted by molar-refractivity contribution is -0.157. The van der Waals surface area contributed by atoms with E-state index in [0.717, 1.165) is 12.0 Å². The highest BCUT2D eigenvalue weighted by Crippen LogP contribution is 2.23. The van der Waals surface area contributed by atoms with Crippen LogP contribution in [0.15, 0.2) is 36.9 Å². The van der Waals surface area contributed by atoms with Crippen LogP contribution < -0.4 is 16.0 Å². The number of rotatable bonds is 16. The number of hydrogen-bond donors (Lipinski definition) is 3. The van der Waals surface area contributed by atoms with Gasteiger partial charge in [0.2, 0.25) is 0 Å². The number of nitrogens with one attached hydrogen (secondary N) is 3. The SMILES string of the molecule is C=CCOC(=O)NCCCC[C@H](NC(=O)N[C@@H](CCC(C)(C)C)C(=O)OC(C)(C)C)C(=O)OCc1ccc(CC)cc1. The van der Waals surface area contributed by atoms with E-state index in [9.17, 15) is 19.2 Å². The quantitative estimate of drug-likeness (QED) is 0.0993. The first-order valence-corrected chi connectivity index (χ1v) is 14.7. The topological polar surface area (TPSA) is 132 Å². The summed E-state index contributed by atoms with van der Waals surface area (Å²) < 4.78 is 16.0. The van der Waals surface area contributed by atoms with E-state index in [4.69, 9.17) is 14.2 Å². The van der Waals surface area contributed by atoms with Gasteiger partial charge >= 0.3 is 24.1 Å². The number of ether oxygens (including phenoxy) is 3. The predicted octanol–water partition coefficient (Wildman–Crippen LogP) is 5.58. The highest BCUT2D eigenvalue weighted by atomic mass is 16.6. The zero-order valence-corrected chi connectivity index (χ0v) is 26.5. The molecule has 0 heterocycles. The number of aryl methyl sites for hydroxylation is 1. The number of alkyl carbamates (subject to hydrolysis) is 1. The van der Waals surface area contributed by atoms with Crippen molar-refractivity contribution in [3.63, 3.8) is 0 Å². The maximum absolute atomic E-state index is 13.1. The molecule has 0 aliphatic rings. The Morgan fingerprint density at radius 2 is 1.45 bits per heavy atom. The molecule has 0 bridgehead atoms. The summed E-state index contributed by atoms with van der Waals surface area (Å²) in [6.45, 7) is 17.5. The molecule has 0 radical (unpaired) electrons. The van der Waals surface area contributed by atoms with Crippen molar-refractivity contribution in [1.29, 1.82) is 0 Å². The lowest BCUT2D eigenvalue weighted by Gasteiger charge is -2.27. The van der Waals surface area contributed by atoms with E-state index in [2.05, 4.69) is 50.2 Å². The first-order chi connectivity index (χ1) is 19.6. The number of carbonyl (C=O) groups is 4. The second kappa shape index (κ2) is 18.1. The highest BCUT2D eigenvalue weighted by Gasteiger charge is 2.30. The van der Waals surface area contributed by atoms with Gasteiger partial charge in [0.1, 0.15) is 30.9 Å². The van der Waals surface area contributed by atoms with Gasteiger partial charge in [0.15, 0.2) is 0 Å².